The summed E-state index contributed by atoms with van der Waals surface area (Å²) in [5, 5.41) is 2.29. The number of benzene rings is 4. The first-order valence-electron chi connectivity index (χ1n) is 11.4. The smallest absolute Gasteiger partial charge is 0.224 e. The second-order valence-electron chi connectivity index (χ2n) is 7.45. The fourth-order valence-corrected chi connectivity index (χ4v) is 7.84. The van der Waals surface area contributed by atoms with Crippen LogP contribution >= 0.6 is 65.5 Å². The fraction of sp³-hybridized carbons (Fsp3) is 0.0400. The first kappa shape index (κ1) is 30.3. The van der Waals surface area contributed by atoms with Crippen molar-refractivity contribution in [3.63, 3.8) is 0 Å². The summed E-state index contributed by atoms with van der Waals surface area (Å²) in [6.45, 7) is 2.04. The van der Waals surface area contributed by atoms with Crippen molar-refractivity contribution in [1.82, 2.24) is 0 Å². The number of fused-ring (bicyclic) bond motifs is 6. The zero-order chi connectivity index (χ0) is 28.3. The van der Waals surface area contributed by atoms with Gasteiger partial charge in [0.2, 0.25) is 10.4 Å². The molecular weight excluding hydrogens is 655 g/mol. The minimum Gasteiger partial charge on any atom is -0.462 e. The Kier molecular flexibility index (Phi) is 13.2. The van der Waals surface area contributed by atoms with Crippen molar-refractivity contribution in [2.75, 3.05) is 6.66 Å². The maximum absolute atomic E-state index is 6.22. The van der Waals surface area contributed by atoms with E-state index in [0.29, 0.717) is 0 Å². The second-order valence-corrected chi connectivity index (χ2v) is 15.2. The highest BCUT2D eigenvalue weighted by Crippen LogP contribution is 2.52. The molecule has 3 atom stereocenters. The maximum atomic E-state index is 6.22. The standard InChI is InChI=1S/C13H11OPS.C12H8ClOP.ClH2OP.HOPS.H2S/c1-15(16)13-9-5-3-7-11(13)10-6-2-4-8-12(10)14-15;13-15-12-8-4-2-6-10(12)9-5-1-3-7-11(9)14-15;1-3-2;1-2-3;/h2-9H,1H3;1-8H;2-3H;(H,1,3);1H2/i;;2D;;/hD. The van der Waals surface area contributed by atoms with Crippen LogP contribution in [0.1, 0.15) is 0 Å². The molecule has 0 saturated carbocycles. The Morgan fingerprint density at radius 3 is 1.95 bits per heavy atom. The monoisotopic (exact) mass is 680 g/mol. The van der Waals surface area contributed by atoms with E-state index in [1.54, 1.807) is 0 Å². The van der Waals surface area contributed by atoms with Crippen LogP contribution in [-0.2, 0) is 23.6 Å². The van der Waals surface area contributed by atoms with Crippen LogP contribution in [0.5, 0.6) is 11.5 Å². The molecule has 3 unspecified atom stereocenters. The molecule has 0 bridgehead atoms. The van der Waals surface area contributed by atoms with E-state index >= 15 is 0 Å². The third kappa shape index (κ3) is 8.43. The minimum absolute atomic E-state index is 0. The first-order valence-corrected chi connectivity index (χ1v) is 19.7. The predicted molar refractivity (Wildman–Crippen MR) is 181 cm³/mol. The average Bonchev–Trinajstić information content (AvgIpc) is 2.98. The molecule has 0 aromatic heterocycles. The summed E-state index contributed by atoms with van der Waals surface area (Å²) >= 11 is 20.8. The molecule has 0 spiro atoms. The molecule has 2 heterocycles. The van der Waals surface area contributed by atoms with Gasteiger partial charge in [-0.3, -0.25) is 0 Å². The molecule has 2 aliphatic heterocycles. The van der Waals surface area contributed by atoms with Crippen molar-refractivity contribution < 1.29 is 18.8 Å². The second kappa shape index (κ2) is 16.6. The largest absolute Gasteiger partial charge is 0.462 e. The van der Waals surface area contributed by atoms with Crippen molar-refractivity contribution in [3.8, 4) is 33.8 Å². The van der Waals surface area contributed by atoms with Gasteiger partial charge in [-0.25, -0.2) is 0 Å². The summed E-state index contributed by atoms with van der Waals surface area (Å²) in [6, 6.07) is 32.5. The van der Waals surface area contributed by atoms with Crippen LogP contribution < -0.4 is 19.7 Å². The summed E-state index contributed by atoms with van der Waals surface area (Å²) in [6.07, 6.45) is -1.88. The molecule has 0 saturated heterocycles. The molecule has 4 aromatic rings. The van der Waals surface area contributed by atoms with E-state index < -0.39 is 13.8 Å². The molecule has 13 heteroatoms. The topological polar surface area (TPSA) is 58.9 Å². The molecular formula is C25H24Cl2O4P4S3. The number of rotatable bonds is 2. The first-order chi connectivity index (χ1) is 18.9. The van der Waals surface area contributed by atoms with Crippen molar-refractivity contribution in [1.29, 1.82) is 2.86 Å². The summed E-state index contributed by atoms with van der Waals surface area (Å²) < 4.78 is 23.3. The Morgan fingerprint density at radius 2 is 1.34 bits per heavy atom. The van der Waals surface area contributed by atoms with E-state index in [1.807, 2.05) is 67.3 Å². The van der Waals surface area contributed by atoms with Gasteiger partial charge >= 0.3 is 0 Å². The van der Waals surface area contributed by atoms with Crippen LogP contribution in [0.4, 0.5) is 0 Å². The SMILES string of the molecule is CP1(=S)Oc2ccccc2-c2ccccc21.ClP1Oc2ccccc2-c2ccccc21.S.[2H]OP=S.[2H]OPCl. The summed E-state index contributed by atoms with van der Waals surface area (Å²) in [5.74, 6) is 1.81. The zero-order valence-corrected chi connectivity index (χ0v) is 27.6. The minimum atomic E-state index is -1.88. The predicted octanol–water partition coefficient (Wildman–Crippen LogP) is 8.46. The van der Waals surface area contributed by atoms with Gasteiger partial charge in [0.05, 0.1) is 0 Å². The van der Waals surface area contributed by atoms with E-state index in [-0.39, 0.29) is 29.2 Å². The Bertz CT molecular complexity index is 1460. The summed E-state index contributed by atoms with van der Waals surface area (Å²) in [7, 11) is -0.994. The van der Waals surface area contributed by atoms with Gasteiger partial charge in [0.1, 0.15) is 33.5 Å². The van der Waals surface area contributed by atoms with Crippen LogP contribution in [0.15, 0.2) is 97.1 Å². The lowest BCUT2D eigenvalue weighted by Crippen LogP contribution is -2.16. The Hall–Kier alpha value is -0.640. The summed E-state index contributed by atoms with van der Waals surface area (Å²) in [5.41, 5.74) is 4.71. The van der Waals surface area contributed by atoms with Crippen molar-refractivity contribution >= 4 is 99.7 Å². The van der Waals surface area contributed by atoms with Gasteiger partial charge in [0.15, 0.2) is 0 Å². The van der Waals surface area contributed by atoms with Gasteiger partial charge < -0.3 is 18.8 Å². The van der Waals surface area contributed by atoms with Crippen molar-refractivity contribution in [2.45, 2.75) is 0 Å². The third-order valence-electron chi connectivity index (χ3n) is 5.24. The molecule has 0 radical (unpaired) electrons. The lowest BCUT2D eigenvalue weighted by Gasteiger charge is -2.28. The Morgan fingerprint density at radius 1 is 0.868 bits per heavy atom. The Labute approximate surface area is 257 Å². The molecule has 0 aliphatic carbocycles. The maximum Gasteiger partial charge on any atom is 0.224 e. The van der Waals surface area contributed by atoms with E-state index in [2.05, 4.69) is 58.0 Å². The van der Waals surface area contributed by atoms with Gasteiger partial charge in [-0.15, -0.1) is 0 Å². The molecule has 4 nitrogen and oxygen atoms in total. The third-order valence-corrected chi connectivity index (χ3v) is 9.74. The number of para-hydroxylation sites is 2. The quantitative estimate of drug-likeness (QED) is 0.207. The lowest BCUT2D eigenvalue weighted by molar-refractivity contribution is 0.623. The molecule has 2 aliphatic rings. The number of halogens is 2. The van der Waals surface area contributed by atoms with Crippen molar-refractivity contribution in [2.24, 2.45) is 0 Å². The zero-order valence-electron chi connectivity index (χ0n) is 21.8. The van der Waals surface area contributed by atoms with E-state index in [1.165, 1.54) is 16.4 Å². The highest BCUT2D eigenvalue weighted by atomic mass is 35.7. The van der Waals surface area contributed by atoms with Crippen LogP contribution in [0, 0.1) is 0 Å². The van der Waals surface area contributed by atoms with E-state index in [9.17, 15) is 0 Å². The van der Waals surface area contributed by atoms with Crippen LogP contribution in [0.3, 0.4) is 0 Å². The number of hydrogen-bond acceptors (Lipinski definition) is 6. The van der Waals surface area contributed by atoms with Gasteiger partial charge in [-0.05, 0) is 70.2 Å². The molecule has 38 heavy (non-hydrogen) atoms. The van der Waals surface area contributed by atoms with Gasteiger partial charge in [0, 0.05) is 28.4 Å². The van der Waals surface area contributed by atoms with Crippen LogP contribution in [-0.4, -0.2) is 19.3 Å². The molecule has 200 valence electrons. The van der Waals surface area contributed by atoms with Crippen LogP contribution in [0.25, 0.3) is 22.3 Å². The van der Waals surface area contributed by atoms with E-state index in [4.69, 9.17) is 46.2 Å². The van der Waals surface area contributed by atoms with Gasteiger partial charge in [0.25, 0.3) is 0 Å². The highest BCUT2D eigenvalue weighted by molar-refractivity contribution is 8.15. The normalized spacial score (nSPS) is 18.1. The summed E-state index contributed by atoms with van der Waals surface area (Å²) in [4.78, 5) is 7.16. The van der Waals surface area contributed by atoms with Gasteiger partial charge in [-0.2, -0.15) is 13.5 Å². The fourth-order valence-electron chi connectivity index (χ4n) is 3.82. The Balaban J connectivity index is 0.000000218. The molecule has 2 N–H and O–H groups in total. The highest BCUT2D eigenvalue weighted by Gasteiger charge is 2.27. The van der Waals surface area contributed by atoms with Gasteiger partial charge in [-0.1, -0.05) is 84.0 Å². The van der Waals surface area contributed by atoms with Crippen LogP contribution in [0.2, 0.25) is 0 Å². The number of hydrogen-bond donors (Lipinski definition) is 2. The molecule has 6 rings (SSSR count). The molecule has 0 fully saturated rings. The van der Waals surface area contributed by atoms with Crippen molar-refractivity contribution in [3.05, 3.63) is 97.1 Å². The average molecular weight is 681 g/mol. The molecule has 0 amide bonds. The van der Waals surface area contributed by atoms with E-state index in [0.717, 1.165) is 27.9 Å². The lowest BCUT2D eigenvalue weighted by atomic mass is 10.0. The molecule has 4 aromatic carbocycles.